The molecule has 0 spiro atoms. The van der Waals surface area contributed by atoms with Crippen molar-refractivity contribution in [2.45, 2.75) is 53.1 Å². The van der Waals surface area contributed by atoms with Gasteiger partial charge in [-0.3, -0.25) is 4.79 Å². The number of hydrogen-bond acceptors (Lipinski definition) is 3. The maximum Gasteiger partial charge on any atom is 0.397 e. The van der Waals surface area contributed by atoms with Crippen molar-refractivity contribution in [1.82, 2.24) is 5.32 Å². The van der Waals surface area contributed by atoms with Crippen LogP contribution in [0, 0.1) is 17.8 Å². The van der Waals surface area contributed by atoms with Crippen molar-refractivity contribution in [3.63, 3.8) is 0 Å². The third-order valence-electron chi connectivity index (χ3n) is 3.74. The fraction of sp³-hybridized carbons (Fsp3) is 0.857. The van der Waals surface area contributed by atoms with Gasteiger partial charge < -0.3 is 10.1 Å². The Kier molecular flexibility index (Phi) is 5.63. The predicted molar refractivity (Wildman–Crippen MR) is 69.9 cm³/mol. The Morgan fingerprint density at radius 1 is 1.33 bits per heavy atom. The molecule has 104 valence electrons. The molecule has 0 aliphatic heterocycles. The van der Waals surface area contributed by atoms with Gasteiger partial charge in [0.2, 0.25) is 0 Å². The van der Waals surface area contributed by atoms with Crippen molar-refractivity contribution in [1.29, 1.82) is 0 Å². The van der Waals surface area contributed by atoms with Gasteiger partial charge in [-0.15, -0.1) is 0 Å². The smallest absolute Gasteiger partial charge is 0.397 e. The Balaban J connectivity index is 2.60. The lowest BCUT2D eigenvalue weighted by atomic mass is 9.75. The van der Waals surface area contributed by atoms with E-state index in [4.69, 9.17) is 4.74 Å². The first-order valence-electron chi connectivity index (χ1n) is 6.94. The summed E-state index contributed by atoms with van der Waals surface area (Å²) in [5.74, 6) is 0.0518. The molecule has 0 aromatic carbocycles. The third-order valence-corrected chi connectivity index (χ3v) is 3.74. The number of hydrogen-bond donors (Lipinski definition) is 1. The summed E-state index contributed by atoms with van der Waals surface area (Å²) in [7, 11) is 0. The van der Waals surface area contributed by atoms with Gasteiger partial charge in [-0.1, -0.05) is 27.2 Å². The Bertz CT molecular complexity index is 301. The Morgan fingerprint density at radius 3 is 2.56 bits per heavy atom. The van der Waals surface area contributed by atoms with Crippen molar-refractivity contribution >= 4 is 11.9 Å². The SMILES string of the molecule is CCNC(=O)C(=O)O[C@H]1C[C@H](C)CC[C@H]1C(C)C. The molecule has 0 aromatic rings. The molecule has 1 aliphatic rings. The molecule has 1 amide bonds. The van der Waals surface area contributed by atoms with Crippen LogP contribution in [0.5, 0.6) is 0 Å². The summed E-state index contributed by atoms with van der Waals surface area (Å²) in [6.07, 6.45) is 3.02. The van der Waals surface area contributed by atoms with E-state index in [1.807, 2.05) is 0 Å². The summed E-state index contributed by atoms with van der Waals surface area (Å²) in [6, 6.07) is 0. The van der Waals surface area contributed by atoms with Gasteiger partial charge in [-0.2, -0.15) is 0 Å². The highest BCUT2D eigenvalue weighted by Crippen LogP contribution is 2.35. The Hall–Kier alpha value is -1.06. The topological polar surface area (TPSA) is 55.4 Å². The second kappa shape index (κ2) is 6.76. The van der Waals surface area contributed by atoms with E-state index in [1.54, 1.807) is 6.92 Å². The average molecular weight is 255 g/mol. The Morgan fingerprint density at radius 2 is 2.00 bits per heavy atom. The van der Waals surface area contributed by atoms with Crippen molar-refractivity contribution in [2.75, 3.05) is 6.54 Å². The second-order valence-corrected chi connectivity index (χ2v) is 5.63. The molecule has 4 nitrogen and oxygen atoms in total. The molecule has 0 bridgehead atoms. The van der Waals surface area contributed by atoms with Crippen molar-refractivity contribution in [3.05, 3.63) is 0 Å². The molecule has 0 aromatic heterocycles. The van der Waals surface area contributed by atoms with Crippen LogP contribution in [0.2, 0.25) is 0 Å². The molecule has 0 unspecified atom stereocenters. The van der Waals surface area contributed by atoms with Gasteiger partial charge >= 0.3 is 11.9 Å². The molecule has 18 heavy (non-hydrogen) atoms. The summed E-state index contributed by atoms with van der Waals surface area (Å²) in [5.41, 5.74) is 0. The lowest BCUT2D eigenvalue weighted by Gasteiger charge is -2.36. The van der Waals surface area contributed by atoms with Crippen LogP contribution in [0.3, 0.4) is 0 Å². The van der Waals surface area contributed by atoms with Gasteiger partial charge in [-0.25, -0.2) is 4.79 Å². The number of likely N-dealkylation sites (N-methyl/N-ethyl adjacent to an activating group) is 1. The average Bonchev–Trinajstić information content (AvgIpc) is 2.28. The summed E-state index contributed by atoms with van der Waals surface area (Å²) in [4.78, 5) is 23.0. The van der Waals surface area contributed by atoms with Gasteiger partial charge in [0.05, 0.1) is 0 Å². The maximum atomic E-state index is 11.6. The molecule has 0 saturated heterocycles. The van der Waals surface area contributed by atoms with Crippen LogP contribution >= 0.6 is 0 Å². The monoisotopic (exact) mass is 255 g/mol. The normalized spacial score (nSPS) is 27.9. The number of carbonyl (C=O) groups is 2. The molecule has 3 atom stereocenters. The number of rotatable bonds is 3. The Labute approximate surface area is 109 Å². The van der Waals surface area contributed by atoms with Crippen LogP contribution < -0.4 is 5.32 Å². The largest absolute Gasteiger partial charge is 0.455 e. The first-order valence-corrected chi connectivity index (χ1v) is 6.94. The zero-order chi connectivity index (χ0) is 13.7. The standard InChI is InChI=1S/C14H25NO3/c1-5-15-13(16)14(17)18-12-8-10(4)6-7-11(12)9(2)3/h9-12H,5-8H2,1-4H3,(H,15,16)/t10-,11+,12+/m1/s1. The third kappa shape index (κ3) is 4.00. The van der Waals surface area contributed by atoms with E-state index < -0.39 is 11.9 Å². The fourth-order valence-corrected chi connectivity index (χ4v) is 2.67. The minimum atomic E-state index is -0.735. The lowest BCUT2D eigenvalue weighted by Crippen LogP contribution is -2.40. The van der Waals surface area contributed by atoms with E-state index in [2.05, 4.69) is 26.1 Å². The van der Waals surface area contributed by atoms with Gasteiger partial charge in [0.1, 0.15) is 6.10 Å². The van der Waals surface area contributed by atoms with Gasteiger partial charge in [-0.05, 0) is 37.5 Å². The van der Waals surface area contributed by atoms with Crippen molar-refractivity contribution in [2.24, 2.45) is 17.8 Å². The molecule has 0 heterocycles. The highest BCUT2D eigenvalue weighted by Gasteiger charge is 2.34. The molecule has 1 saturated carbocycles. The van der Waals surface area contributed by atoms with Crippen molar-refractivity contribution < 1.29 is 14.3 Å². The number of ether oxygens (including phenoxy) is 1. The quantitative estimate of drug-likeness (QED) is 0.621. The zero-order valence-corrected chi connectivity index (χ0v) is 11.9. The molecular weight excluding hydrogens is 230 g/mol. The van der Waals surface area contributed by atoms with Gasteiger partial charge in [0.25, 0.3) is 0 Å². The molecule has 1 fully saturated rings. The predicted octanol–water partition coefficient (Wildman–Crippen LogP) is 2.13. The molecule has 0 radical (unpaired) electrons. The van der Waals surface area contributed by atoms with Crippen LogP contribution in [-0.2, 0) is 14.3 Å². The van der Waals surface area contributed by atoms with Crippen LogP contribution in [0.1, 0.15) is 47.0 Å². The first kappa shape index (κ1) is 15.0. The first-order chi connectivity index (χ1) is 8.45. The van der Waals surface area contributed by atoms with Crippen LogP contribution in [-0.4, -0.2) is 24.5 Å². The highest BCUT2D eigenvalue weighted by atomic mass is 16.5. The van der Waals surface area contributed by atoms with E-state index >= 15 is 0 Å². The molecule has 4 heteroatoms. The van der Waals surface area contributed by atoms with Crippen LogP contribution in [0.4, 0.5) is 0 Å². The van der Waals surface area contributed by atoms with Crippen LogP contribution in [0.25, 0.3) is 0 Å². The minimum absolute atomic E-state index is 0.108. The molecular formula is C14H25NO3. The highest BCUT2D eigenvalue weighted by molar-refractivity contribution is 6.32. The van der Waals surface area contributed by atoms with E-state index in [0.717, 1.165) is 12.8 Å². The number of carbonyl (C=O) groups excluding carboxylic acids is 2. The number of esters is 1. The van der Waals surface area contributed by atoms with E-state index in [0.29, 0.717) is 24.3 Å². The van der Waals surface area contributed by atoms with E-state index in [1.165, 1.54) is 6.42 Å². The minimum Gasteiger partial charge on any atom is -0.455 e. The maximum absolute atomic E-state index is 11.6. The number of nitrogens with one attached hydrogen (secondary N) is 1. The molecule has 1 rings (SSSR count). The summed E-state index contributed by atoms with van der Waals surface area (Å²) < 4.78 is 5.40. The van der Waals surface area contributed by atoms with Crippen LogP contribution in [0.15, 0.2) is 0 Å². The summed E-state index contributed by atoms with van der Waals surface area (Å²) in [5, 5.41) is 2.48. The fourth-order valence-electron chi connectivity index (χ4n) is 2.67. The number of amides is 1. The molecule has 1 N–H and O–H groups in total. The second-order valence-electron chi connectivity index (χ2n) is 5.63. The zero-order valence-electron chi connectivity index (χ0n) is 11.9. The van der Waals surface area contributed by atoms with Crippen molar-refractivity contribution in [3.8, 4) is 0 Å². The van der Waals surface area contributed by atoms with Gasteiger partial charge in [0, 0.05) is 6.54 Å². The van der Waals surface area contributed by atoms with E-state index in [-0.39, 0.29) is 6.10 Å². The molecule has 1 aliphatic carbocycles. The van der Waals surface area contributed by atoms with Gasteiger partial charge in [0.15, 0.2) is 0 Å². The lowest BCUT2D eigenvalue weighted by molar-refractivity contribution is -0.164. The summed E-state index contributed by atoms with van der Waals surface area (Å²) >= 11 is 0. The van der Waals surface area contributed by atoms with E-state index in [9.17, 15) is 9.59 Å². The summed E-state index contributed by atoms with van der Waals surface area (Å²) in [6.45, 7) is 8.69.